The maximum absolute atomic E-state index is 12.6. The number of rotatable bonds is 37. The zero-order valence-electron chi connectivity index (χ0n) is 34.2. The fourth-order valence-corrected chi connectivity index (χ4v) is 5.67. The minimum Gasteiger partial charge on any atom is -0.480 e. The molecule has 318 valence electrons. The van der Waals surface area contributed by atoms with Crippen LogP contribution in [0, 0.1) is 0 Å². The number of allylic oxidation sites excluding steroid dienone is 14. The highest BCUT2D eigenvalue weighted by Crippen LogP contribution is 2.43. The van der Waals surface area contributed by atoms with Crippen molar-refractivity contribution in [1.82, 2.24) is 0 Å². The van der Waals surface area contributed by atoms with Crippen LogP contribution in [-0.4, -0.2) is 59.9 Å². The van der Waals surface area contributed by atoms with Crippen LogP contribution < -0.4 is 5.73 Å². The molecule has 0 amide bonds. The Bertz CT molecular complexity index is 1270. The maximum Gasteiger partial charge on any atom is 0.472 e. The van der Waals surface area contributed by atoms with Gasteiger partial charge in [-0.3, -0.25) is 23.4 Å². The molecule has 12 heteroatoms. The summed E-state index contributed by atoms with van der Waals surface area (Å²) in [6.45, 7) is 2.56. The normalized spacial score (nSPS) is 14.6. The molecule has 0 bridgehead atoms. The lowest BCUT2D eigenvalue weighted by molar-refractivity contribution is -0.161. The van der Waals surface area contributed by atoms with Crippen LogP contribution in [0.1, 0.15) is 142 Å². The van der Waals surface area contributed by atoms with Gasteiger partial charge in [-0.1, -0.05) is 131 Å². The molecule has 0 aliphatic heterocycles. The lowest BCUT2D eigenvalue weighted by atomic mass is 10.1. The summed E-state index contributed by atoms with van der Waals surface area (Å²) in [7, 11) is -4.74. The highest BCUT2D eigenvalue weighted by Gasteiger charge is 2.28. The third-order valence-corrected chi connectivity index (χ3v) is 9.08. The van der Waals surface area contributed by atoms with Gasteiger partial charge in [-0.25, -0.2) is 4.57 Å². The number of carbonyl (C=O) groups excluding carboxylic acids is 2. The van der Waals surface area contributed by atoms with Crippen molar-refractivity contribution in [1.29, 1.82) is 0 Å². The topological polar surface area (TPSA) is 172 Å². The van der Waals surface area contributed by atoms with Crippen LogP contribution in [0.25, 0.3) is 0 Å². The number of unbranched alkanes of at least 4 members (excludes halogenated alkanes) is 9. The number of ether oxygens (including phenoxy) is 2. The van der Waals surface area contributed by atoms with Gasteiger partial charge in [0.15, 0.2) is 6.10 Å². The van der Waals surface area contributed by atoms with E-state index in [0.717, 1.165) is 77.0 Å². The molecule has 0 spiro atoms. The quantitative estimate of drug-likeness (QED) is 0.0236. The van der Waals surface area contributed by atoms with E-state index in [1.54, 1.807) is 0 Å². The molecule has 0 fully saturated rings. The number of carbonyl (C=O) groups is 3. The van der Waals surface area contributed by atoms with Crippen molar-refractivity contribution < 1.29 is 47.5 Å². The molecular formula is C44H72NO10P. The average molecular weight is 806 g/mol. The van der Waals surface area contributed by atoms with Gasteiger partial charge in [0.2, 0.25) is 0 Å². The number of carboxylic acids is 1. The Balaban J connectivity index is 4.54. The molecular weight excluding hydrogens is 733 g/mol. The number of hydrogen-bond acceptors (Lipinski definition) is 9. The van der Waals surface area contributed by atoms with Gasteiger partial charge in [0.05, 0.1) is 13.2 Å². The summed E-state index contributed by atoms with van der Waals surface area (Å²) in [5.41, 5.74) is 5.32. The van der Waals surface area contributed by atoms with E-state index in [9.17, 15) is 23.8 Å². The van der Waals surface area contributed by atoms with Gasteiger partial charge in [-0.2, -0.15) is 0 Å². The first-order valence-corrected chi connectivity index (χ1v) is 22.1. The number of carboxylic acid groups (broad SMARTS) is 1. The molecule has 0 aliphatic carbocycles. The van der Waals surface area contributed by atoms with E-state index < -0.39 is 51.1 Å². The van der Waals surface area contributed by atoms with E-state index >= 15 is 0 Å². The van der Waals surface area contributed by atoms with Gasteiger partial charge in [-0.05, 0) is 83.5 Å². The van der Waals surface area contributed by atoms with E-state index in [0.29, 0.717) is 19.3 Å². The average Bonchev–Trinajstić information content (AvgIpc) is 3.17. The summed E-state index contributed by atoms with van der Waals surface area (Å²) in [6.07, 6.45) is 46.5. The minimum absolute atomic E-state index is 0.125. The number of aliphatic carboxylic acids is 1. The number of phosphoric acid groups is 1. The number of nitrogens with two attached hydrogens (primary N) is 1. The van der Waals surface area contributed by atoms with Gasteiger partial charge in [0.1, 0.15) is 12.6 Å². The molecule has 0 radical (unpaired) electrons. The van der Waals surface area contributed by atoms with Gasteiger partial charge in [0.25, 0.3) is 0 Å². The molecule has 0 saturated carbocycles. The summed E-state index contributed by atoms with van der Waals surface area (Å²) < 4.78 is 32.6. The van der Waals surface area contributed by atoms with E-state index in [1.165, 1.54) is 19.3 Å². The Labute approximate surface area is 337 Å². The number of hydrogen-bond donors (Lipinski definition) is 3. The first kappa shape index (κ1) is 52.7. The molecule has 11 nitrogen and oxygen atoms in total. The molecule has 3 atom stereocenters. The summed E-state index contributed by atoms with van der Waals surface area (Å²) in [6, 6.07) is -1.54. The second-order valence-corrected chi connectivity index (χ2v) is 14.8. The lowest BCUT2D eigenvalue weighted by Crippen LogP contribution is -2.34. The van der Waals surface area contributed by atoms with Crippen molar-refractivity contribution in [3.8, 4) is 0 Å². The van der Waals surface area contributed by atoms with Gasteiger partial charge in [-0.15, -0.1) is 0 Å². The van der Waals surface area contributed by atoms with Crippen molar-refractivity contribution in [2.75, 3.05) is 19.8 Å². The van der Waals surface area contributed by atoms with E-state index in [-0.39, 0.29) is 19.4 Å². The second-order valence-electron chi connectivity index (χ2n) is 13.4. The second kappa shape index (κ2) is 38.5. The first-order valence-electron chi connectivity index (χ1n) is 20.6. The van der Waals surface area contributed by atoms with Gasteiger partial charge >= 0.3 is 25.7 Å². The predicted molar refractivity (Wildman–Crippen MR) is 226 cm³/mol. The van der Waals surface area contributed by atoms with Crippen LogP contribution in [0.15, 0.2) is 85.1 Å². The lowest BCUT2D eigenvalue weighted by Gasteiger charge is -2.20. The molecule has 0 aromatic rings. The minimum atomic E-state index is -4.74. The smallest absolute Gasteiger partial charge is 0.472 e. The maximum atomic E-state index is 12.6. The van der Waals surface area contributed by atoms with Crippen LogP contribution in [0.5, 0.6) is 0 Å². The molecule has 56 heavy (non-hydrogen) atoms. The SMILES string of the molecule is CC/C=C/C/C=C/C/C=C/CCCCCCCC(=O)O[C@H](COC(=O)CCC/C=C/C/C=C/C/C=C/C/C=C/CCCCC)COP(=O)(O)OC[C@H](N)C(=O)O. The molecule has 0 rings (SSSR count). The molecule has 0 aliphatic rings. The fourth-order valence-electron chi connectivity index (χ4n) is 4.89. The largest absolute Gasteiger partial charge is 0.480 e. The molecule has 1 unspecified atom stereocenters. The highest BCUT2D eigenvalue weighted by molar-refractivity contribution is 7.47. The van der Waals surface area contributed by atoms with Crippen molar-refractivity contribution in [3.63, 3.8) is 0 Å². The number of esters is 2. The molecule has 0 aromatic carbocycles. The van der Waals surface area contributed by atoms with E-state index in [4.69, 9.17) is 24.8 Å². The van der Waals surface area contributed by atoms with Crippen LogP contribution >= 0.6 is 7.82 Å². The van der Waals surface area contributed by atoms with E-state index in [1.807, 2.05) is 12.2 Å². The Morgan fingerprint density at radius 3 is 1.55 bits per heavy atom. The summed E-state index contributed by atoms with van der Waals surface area (Å²) in [4.78, 5) is 45.9. The molecule has 0 aromatic heterocycles. The Kier molecular flexibility index (Phi) is 36.2. The molecule has 0 heterocycles. The third-order valence-electron chi connectivity index (χ3n) is 8.13. The van der Waals surface area contributed by atoms with Crippen LogP contribution in [0.4, 0.5) is 0 Å². The van der Waals surface area contributed by atoms with Crippen LogP contribution in [0.3, 0.4) is 0 Å². The standard InChI is InChI=1S/C44H72NO10P/c1-3-5-7-9-11-13-15-17-19-20-22-23-25-27-29-31-33-35-42(46)52-37-40(38-53-56(50,51)54-39-41(45)44(48)49)55-43(47)36-34-32-30-28-26-24-21-18-16-14-12-10-8-6-4-2/h6,8,11-14,17-19,21-23,27,29,40-41H,3-5,7,9-10,15-16,20,24-26,28,30-39,45H2,1-2H3,(H,48,49)(H,50,51)/b8-6+,13-11+,14-12+,19-17+,21-18+,23-22+,29-27+/t40-,41+/m1/s1. The number of phosphoric ester groups is 1. The van der Waals surface area contributed by atoms with Crippen molar-refractivity contribution >= 4 is 25.7 Å². The summed E-state index contributed by atoms with van der Waals surface area (Å²) in [5.74, 6) is -2.49. The monoisotopic (exact) mass is 805 g/mol. The summed E-state index contributed by atoms with van der Waals surface area (Å²) in [5, 5.41) is 8.88. The van der Waals surface area contributed by atoms with Crippen LogP contribution in [-0.2, 0) is 37.5 Å². The Hall–Kier alpha value is -3.34. The van der Waals surface area contributed by atoms with Crippen molar-refractivity contribution in [2.24, 2.45) is 5.73 Å². The first-order chi connectivity index (χ1) is 27.1. The highest BCUT2D eigenvalue weighted by atomic mass is 31.2. The van der Waals surface area contributed by atoms with Gasteiger partial charge in [0, 0.05) is 12.8 Å². The zero-order valence-corrected chi connectivity index (χ0v) is 35.1. The van der Waals surface area contributed by atoms with Crippen molar-refractivity contribution in [3.05, 3.63) is 85.1 Å². The van der Waals surface area contributed by atoms with Gasteiger partial charge < -0.3 is 25.2 Å². The Morgan fingerprint density at radius 2 is 1.02 bits per heavy atom. The molecule has 4 N–H and O–H groups in total. The zero-order chi connectivity index (χ0) is 41.4. The fraction of sp³-hybridized carbons (Fsp3) is 0.614. The Morgan fingerprint density at radius 1 is 0.571 bits per heavy atom. The van der Waals surface area contributed by atoms with Crippen molar-refractivity contribution in [2.45, 2.75) is 154 Å². The van der Waals surface area contributed by atoms with Crippen LogP contribution in [0.2, 0.25) is 0 Å². The third kappa shape index (κ3) is 37.6. The predicted octanol–water partition coefficient (Wildman–Crippen LogP) is 10.7. The summed E-state index contributed by atoms with van der Waals surface area (Å²) >= 11 is 0. The molecule has 0 saturated heterocycles. The van der Waals surface area contributed by atoms with E-state index in [2.05, 4.69) is 91.3 Å².